The molecule has 1 aromatic heterocycles. The molecule has 5 rings (SSSR count). The van der Waals surface area contributed by atoms with E-state index in [-0.39, 0.29) is 27.1 Å². The fourth-order valence-electron chi connectivity index (χ4n) is 5.34. The number of hydrogen-bond donors (Lipinski definition) is 3. The molecule has 1 saturated heterocycles. The minimum Gasteiger partial charge on any atom is -0.494 e. The fourth-order valence-corrected chi connectivity index (χ4v) is 5.85. The van der Waals surface area contributed by atoms with Crippen molar-refractivity contribution >= 4 is 34.8 Å². The zero-order chi connectivity index (χ0) is 30.3. The fraction of sp³-hybridized carbons (Fsp3) is 0.444. The maximum atomic E-state index is 14.2. The molecule has 0 spiro atoms. The van der Waals surface area contributed by atoms with Crippen LogP contribution in [0.4, 0.5) is 14.5 Å². The van der Waals surface area contributed by atoms with Gasteiger partial charge in [-0.15, -0.1) is 5.10 Å². The third kappa shape index (κ3) is 5.57. The Balaban J connectivity index is 1.53. The number of aliphatic hydroxyl groups excluding tert-OH is 3. The number of anilines is 1. The lowest BCUT2D eigenvalue weighted by Crippen LogP contribution is -2.64. The predicted octanol–water partition coefficient (Wildman–Crippen LogP) is 2.77. The Bertz CT molecular complexity index is 1440. The first-order valence-corrected chi connectivity index (χ1v) is 13.7. The van der Waals surface area contributed by atoms with Crippen LogP contribution in [0.25, 0.3) is 11.3 Å². The number of ether oxygens (including phenoxy) is 3. The van der Waals surface area contributed by atoms with Gasteiger partial charge >= 0.3 is 0 Å². The molecule has 2 fully saturated rings. The first-order valence-electron chi connectivity index (χ1n) is 13.0. The average molecular weight is 629 g/mol. The van der Waals surface area contributed by atoms with Gasteiger partial charge in [-0.1, -0.05) is 28.4 Å². The largest absolute Gasteiger partial charge is 0.494 e. The van der Waals surface area contributed by atoms with Crippen molar-refractivity contribution in [2.75, 3.05) is 25.7 Å². The first-order chi connectivity index (χ1) is 20.1. The second kappa shape index (κ2) is 12.4. The van der Waals surface area contributed by atoms with Gasteiger partial charge < -0.3 is 34.4 Å². The van der Waals surface area contributed by atoms with Crippen LogP contribution in [-0.2, 0) is 14.3 Å². The molecule has 42 heavy (non-hydrogen) atoms. The Morgan fingerprint density at radius 2 is 1.86 bits per heavy atom. The average Bonchev–Trinajstić information content (AvgIpc) is 3.44. The molecule has 1 aliphatic heterocycles. The lowest BCUT2D eigenvalue weighted by Gasteiger charge is -2.47. The van der Waals surface area contributed by atoms with Crippen LogP contribution in [0.3, 0.4) is 0 Å². The Kier molecular flexibility index (Phi) is 8.99. The van der Waals surface area contributed by atoms with E-state index in [0.717, 1.165) is 6.07 Å². The highest BCUT2D eigenvalue weighted by molar-refractivity contribution is 6.35. The third-order valence-corrected chi connectivity index (χ3v) is 8.04. The molecule has 3 N–H and O–H groups in total. The molecule has 5 unspecified atom stereocenters. The summed E-state index contributed by atoms with van der Waals surface area (Å²) in [4.78, 5) is 15.5. The van der Waals surface area contributed by atoms with Crippen LogP contribution in [0.5, 0.6) is 5.75 Å². The Labute approximate surface area is 249 Å². The van der Waals surface area contributed by atoms with E-state index in [1.165, 1.54) is 54.3 Å². The summed E-state index contributed by atoms with van der Waals surface area (Å²) in [6, 6.07) is 4.96. The Hall–Kier alpha value is -2.91. The van der Waals surface area contributed by atoms with Crippen molar-refractivity contribution in [2.24, 2.45) is 0 Å². The number of hydrogen-bond acceptors (Lipinski definition) is 9. The zero-order valence-electron chi connectivity index (χ0n) is 22.4. The first kappa shape index (κ1) is 30.5. The highest BCUT2D eigenvalue weighted by Gasteiger charge is 2.52. The van der Waals surface area contributed by atoms with Gasteiger partial charge in [0.25, 0.3) is 5.91 Å². The van der Waals surface area contributed by atoms with Gasteiger partial charge in [0.05, 0.1) is 32.1 Å². The predicted molar refractivity (Wildman–Crippen MR) is 146 cm³/mol. The summed E-state index contributed by atoms with van der Waals surface area (Å²) < 4.78 is 45.9. The summed E-state index contributed by atoms with van der Waals surface area (Å²) in [6.07, 6.45) is -3.76. The molecular formula is C27H28Cl2F2N4O7. The van der Waals surface area contributed by atoms with Crippen molar-refractivity contribution < 1.29 is 43.1 Å². The van der Waals surface area contributed by atoms with Crippen LogP contribution in [0.1, 0.15) is 18.9 Å². The number of aliphatic hydroxyl groups is 3. The minimum atomic E-state index is -1.43. The molecule has 0 bridgehead atoms. The van der Waals surface area contributed by atoms with E-state index in [1.807, 2.05) is 0 Å². The molecule has 2 aromatic carbocycles. The van der Waals surface area contributed by atoms with E-state index in [4.69, 9.17) is 37.4 Å². The van der Waals surface area contributed by atoms with Crippen LogP contribution in [0.15, 0.2) is 36.5 Å². The minimum absolute atomic E-state index is 0.108. The molecule has 1 aliphatic carbocycles. The van der Waals surface area contributed by atoms with E-state index < -0.39 is 66.8 Å². The van der Waals surface area contributed by atoms with Crippen molar-refractivity contribution in [3.05, 3.63) is 58.2 Å². The van der Waals surface area contributed by atoms with Gasteiger partial charge in [0, 0.05) is 28.4 Å². The van der Waals surface area contributed by atoms with E-state index in [2.05, 4.69) is 10.3 Å². The van der Waals surface area contributed by atoms with Crippen LogP contribution >= 0.6 is 23.2 Å². The van der Waals surface area contributed by atoms with Crippen molar-refractivity contribution in [2.45, 2.75) is 55.4 Å². The summed E-state index contributed by atoms with van der Waals surface area (Å²) in [5.74, 6) is -3.30. The number of nitrogens with zero attached hydrogens (tertiary/aromatic N) is 4. The van der Waals surface area contributed by atoms with Crippen LogP contribution in [0.2, 0.25) is 10.0 Å². The molecule has 3 aromatic rings. The molecule has 226 valence electrons. The molecular weight excluding hydrogens is 601 g/mol. The van der Waals surface area contributed by atoms with Crippen molar-refractivity contribution in [1.82, 2.24) is 15.0 Å². The molecule has 0 radical (unpaired) electrons. The quantitative estimate of drug-likeness (QED) is 0.343. The highest BCUT2D eigenvalue weighted by atomic mass is 35.5. The van der Waals surface area contributed by atoms with E-state index in [1.54, 1.807) is 0 Å². The van der Waals surface area contributed by atoms with Crippen LogP contribution in [-0.4, -0.2) is 93.6 Å². The number of rotatable bonds is 8. The summed E-state index contributed by atoms with van der Waals surface area (Å²) in [6.45, 7) is -0.658. The SMILES string of the molecule is COc1cc(-c2cn(C3C(O)C(CO)OC(C(=O)N(c4cc(Cl)cc(Cl)c4)[C@@H]4CC[C@H]4O)C3OC)nn2)cc(F)c1F. The van der Waals surface area contributed by atoms with Gasteiger partial charge in [-0.3, -0.25) is 4.79 Å². The molecule has 7 atom stereocenters. The second-order valence-electron chi connectivity index (χ2n) is 10.1. The summed E-state index contributed by atoms with van der Waals surface area (Å²) in [5.41, 5.74) is 0.567. The van der Waals surface area contributed by atoms with Gasteiger partial charge in [0.15, 0.2) is 17.7 Å². The third-order valence-electron chi connectivity index (χ3n) is 7.61. The van der Waals surface area contributed by atoms with Gasteiger partial charge in [-0.2, -0.15) is 4.39 Å². The number of methoxy groups -OCH3 is 2. The van der Waals surface area contributed by atoms with Gasteiger partial charge in [-0.25, -0.2) is 9.07 Å². The lowest BCUT2D eigenvalue weighted by molar-refractivity contribution is -0.211. The number of benzene rings is 2. The second-order valence-corrected chi connectivity index (χ2v) is 10.9. The molecule has 1 saturated carbocycles. The van der Waals surface area contributed by atoms with Crippen LogP contribution in [0, 0.1) is 11.6 Å². The van der Waals surface area contributed by atoms with E-state index >= 15 is 0 Å². The summed E-state index contributed by atoms with van der Waals surface area (Å²) >= 11 is 12.4. The topological polar surface area (TPSA) is 139 Å². The number of amides is 1. The number of halogens is 4. The normalized spacial score (nSPS) is 27.4. The molecule has 11 nitrogen and oxygen atoms in total. The van der Waals surface area contributed by atoms with Gasteiger partial charge in [-0.05, 0) is 43.2 Å². The number of aromatic nitrogens is 3. The smallest absolute Gasteiger partial charge is 0.259 e. The van der Waals surface area contributed by atoms with E-state index in [9.17, 15) is 28.9 Å². The highest BCUT2D eigenvalue weighted by Crippen LogP contribution is 2.38. The number of carbonyl (C=O) groups excluding carboxylic acids is 1. The van der Waals surface area contributed by atoms with Crippen molar-refractivity contribution in [1.29, 1.82) is 0 Å². The van der Waals surface area contributed by atoms with E-state index in [0.29, 0.717) is 18.5 Å². The van der Waals surface area contributed by atoms with Gasteiger partial charge in [0.2, 0.25) is 5.82 Å². The van der Waals surface area contributed by atoms with Crippen molar-refractivity contribution in [3.63, 3.8) is 0 Å². The molecule has 1 amide bonds. The Morgan fingerprint density at radius 1 is 1.14 bits per heavy atom. The summed E-state index contributed by atoms with van der Waals surface area (Å²) in [7, 11) is 2.50. The number of carbonyl (C=O) groups is 1. The van der Waals surface area contributed by atoms with Crippen LogP contribution < -0.4 is 9.64 Å². The van der Waals surface area contributed by atoms with Gasteiger partial charge in [0.1, 0.15) is 30.0 Å². The maximum Gasteiger partial charge on any atom is 0.259 e. The zero-order valence-corrected chi connectivity index (χ0v) is 23.9. The molecule has 2 heterocycles. The monoisotopic (exact) mass is 628 g/mol. The van der Waals surface area contributed by atoms with Crippen molar-refractivity contribution in [3.8, 4) is 17.0 Å². The Morgan fingerprint density at radius 3 is 2.43 bits per heavy atom. The maximum absolute atomic E-state index is 14.2. The lowest BCUT2D eigenvalue weighted by atomic mass is 9.85. The summed E-state index contributed by atoms with van der Waals surface area (Å²) in [5, 5.41) is 40.4. The molecule has 15 heteroatoms. The standard InChI is InChI=1S/C27H28Cl2F2N4O7/c1-40-20-6-12(5-16(30)22(20)31)17-10-34(33-32-17)23-24(38)21(11-36)42-26(25(23)41-2)27(39)35(18-3-4-19(18)37)15-8-13(28)7-14(29)9-15/h5-10,18-19,21,23-26,36-38H,3-4,11H2,1-2H3/t18-,19-,21?,23?,24?,25?,26?/m1/s1. The molecule has 2 aliphatic rings.